The minimum absolute atomic E-state index is 0.0802. The summed E-state index contributed by atoms with van der Waals surface area (Å²) in [6, 6.07) is 6.18. The Labute approximate surface area is 180 Å². The summed E-state index contributed by atoms with van der Waals surface area (Å²) in [5, 5.41) is 2.57. The minimum Gasteiger partial charge on any atom is -0.465 e. The first-order chi connectivity index (χ1) is 14.8. The van der Waals surface area contributed by atoms with Crippen molar-refractivity contribution in [3.05, 3.63) is 52.3 Å². The van der Waals surface area contributed by atoms with Crippen molar-refractivity contribution < 1.29 is 33.4 Å². The minimum atomic E-state index is -0.768. The molecule has 0 aliphatic rings. The van der Waals surface area contributed by atoms with Crippen molar-refractivity contribution in [2.24, 2.45) is 0 Å². The lowest BCUT2D eigenvalue weighted by Crippen LogP contribution is -2.21. The summed E-state index contributed by atoms with van der Waals surface area (Å²) in [6.07, 6.45) is 1.72. The van der Waals surface area contributed by atoms with E-state index >= 15 is 0 Å². The Morgan fingerprint density at radius 2 is 1.65 bits per heavy atom. The number of aromatic nitrogens is 1. The van der Waals surface area contributed by atoms with Gasteiger partial charge in [0.25, 0.3) is 5.91 Å². The van der Waals surface area contributed by atoms with Gasteiger partial charge in [-0.25, -0.2) is 14.4 Å². The SMILES string of the molecule is CCCCOC(=O)c1ccc(NC(=O)COC(=O)c2[nH]c(C)c(C(=O)OC)c2C)cc1. The second kappa shape index (κ2) is 11.0. The number of nitrogens with one attached hydrogen (secondary N) is 2. The molecule has 0 unspecified atom stereocenters. The number of ether oxygens (including phenoxy) is 3. The number of carbonyl (C=O) groups excluding carboxylic acids is 4. The van der Waals surface area contributed by atoms with E-state index in [1.165, 1.54) is 19.2 Å². The normalized spacial score (nSPS) is 10.3. The molecular weight excluding hydrogens is 404 g/mol. The van der Waals surface area contributed by atoms with Crippen LogP contribution in [-0.2, 0) is 19.0 Å². The van der Waals surface area contributed by atoms with E-state index in [1.54, 1.807) is 26.0 Å². The molecule has 166 valence electrons. The third kappa shape index (κ3) is 6.18. The Hall–Kier alpha value is -3.62. The molecule has 1 amide bonds. The molecule has 2 aromatic rings. The van der Waals surface area contributed by atoms with E-state index in [2.05, 4.69) is 10.3 Å². The van der Waals surface area contributed by atoms with Crippen molar-refractivity contribution >= 4 is 29.5 Å². The zero-order valence-electron chi connectivity index (χ0n) is 18.0. The van der Waals surface area contributed by atoms with Crippen LogP contribution in [0.1, 0.15) is 62.2 Å². The summed E-state index contributed by atoms with van der Waals surface area (Å²) >= 11 is 0. The molecule has 2 rings (SSSR count). The van der Waals surface area contributed by atoms with Gasteiger partial charge in [0.15, 0.2) is 6.61 Å². The molecule has 31 heavy (non-hydrogen) atoms. The molecule has 9 heteroatoms. The molecule has 0 atom stereocenters. The zero-order chi connectivity index (χ0) is 23.0. The Kier molecular flexibility index (Phi) is 8.36. The highest BCUT2D eigenvalue weighted by molar-refractivity contribution is 6.00. The van der Waals surface area contributed by atoms with E-state index in [4.69, 9.17) is 14.2 Å². The molecule has 0 radical (unpaired) electrons. The number of aromatic amines is 1. The molecule has 0 spiro atoms. The van der Waals surface area contributed by atoms with Crippen LogP contribution in [0.2, 0.25) is 0 Å². The molecule has 0 bridgehead atoms. The van der Waals surface area contributed by atoms with Gasteiger partial charge in [-0.15, -0.1) is 0 Å². The maximum Gasteiger partial charge on any atom is 0.355 e. The highest BCUT2D eigenvalue weighted by Gasteiger charge is 2.23. The monoisotopic (exact) mass is 430 g/mol. The first-order valence-electron chi connectivity index (χ1n) is 9.80. The average Bonchev–Trinajstić information content (AvgIpc) is 3.06. The quantitative estimate of drug-likeness (QED) is 0.356. The molecule has 9 nitrogen and oxygen atoms in total. The van der Waals surface area contributed by atoms with E-state index in [0.29, 0.717) is 29.1 Å². The smallest absolute Gasteiger partial charge is 0.355 e. The third-order valence-corrected chi connectivity index (χ3v) is 4.50. The predicted molar refractivity (Wildman–Crippen MR) is 112 cm³/mol. The lowest BCUT2D eigenvalue weighted by atomic mass is 10.1. The Morgan fingerprint density at radius 3 is 2.26 bits per heavy atom. The summed E-state index contributed by atoms with van der Waals surface area (Å²) in [5.74, 6) is -2.32. The molecule has 1 heterocycles. The van der Waals surface area contributed by atoms with E-state index < -0.39 is 30.4 Å². The number of unbranched alkanes of at least 4 members (excludes halogenated alkanes) is 1. The van der Waals surface area contributed by atoms with Crippen molar-refractivity contribution in [1.82, 2.24) is 4.98 Å². The van der Waals surface area contributed by atoms with Gasteiger partial charge >= 0.3 is 17.9 Å². The van der Waals surface area contributed by atoms with Crippen molar-refractivity contribution in [2.45, 2.75) is 33.6 Å². The van der Waals surface area contributed by atoms with Gasteiger partial charge in [0.2, 0.25) is 0 Å². The highest BCUT2D eigenvalue weighted by atomic mass is 16.5. The Balaban J connectivity index is 1.90. The van der Waals surface area contributed by atoms with Crippen LogP contribution >= 0.6 is 0 Å². The lowest BCUT2D eigenvalue weighted by molar-refractivity contribution is -0.119. The van der Waals surface area contributed by atoms with Crippen LogP contribution in [0.15, 0.2) is 24.3 Å². The van der Waals surface area contributed by atoms with E-state index in [0.717, 1.165) is 12.8 Å². The fourth-order valence-corrected chi connectivity index (χ4v) is 2.84. The van der Waals surface area contributed by atoms with Gasteiger partial charge < -0.3 is 24.5 Å². The van der Waals surface area contributed by atoms with Gasteiger partial charge in [-0.05, 0) is 50.1 Å². The number of benzene rings is 1. The van der Waals surface area contributed by atoms with E-state index in [9.17, 15) is 19.2 Å². The second-order valence-electron chi connectivity index (χ2n) is 6.81. The summed E-state index contributed by atoms with van der Waals surface area (Å²) in [6.45, 7) is 5.06. The maximum atomic E-state index is 12.3. The number of methoxy groups -OCH3 is 1. The van der Waals surface area contributed by atoms with Crippen LogP contribution in [0, 0.1) is 13.8 Å². The number of hydrogen-bond acceptors (Lipinski definition) is 7. The number of hydrogen-bond donors (Lipinski definition) is 2. The molecule has 1 aromatic carbocycles. The summed E-state index contributed by atoms with van der Waals surface area (Å²) in [4.78, 5) is 50.8. The highest BCUT2D eigenvalue weighted by Crippen LogP contribution is 2.19. The van der Waals surface area contributed by atoms with Gasteiger partial charge in [-0.2, -0.15) is 0 Å². The van der Waals surface area contributed by atoms with Gasteiger partial charge in [-0.1, -0.05) is 13.3 Å². The number of H-pyrrole nitrogens is 1. The number of carbonyl (C=O) groups is 4. The van der Waals surface area contributed by atoms with Gasteiger partial charge in [0, 0.05) is 11.4 Å². The standard InChI is InChI=1S/C22H26N2O7/c1-5-6-11-30-20(26)15-7-9-16(10-8-15)24-17(25)12-31-22(28)19-13(2)18(14(3)23-19)21(27)29-4/h7-10,23H,5-6,11-12H2,1-4H3,(H,24,25). The fourth-order valence-electron chi connectivity index (χ4n) is 2.84. The van der Waals surface area contributed by atoms with E-state index in [1.807, 2.05) is 6.92 Å². The predicted octanol–water partition coefficient (Wildman–Crippen LogP) is 3.17. The molecule has 0 aliphatic heterocycles. The van der Waals surface area contributed by atoms with Gasteiger partial charge in [0.1, 0.15) is 5.69 Å². The summed E-state index contributed by atoms with van der Waals surface area (Å²) < 4.78 is 14.9. The number of anilines is 1. The number of aryl methyl sites for hydroxylation is 1. The Bertz CT molecular complexity index is 961. The number of rotatable bonds is 9. The molecule has 0 saturated heterocycles. The first kappa shape index (κ1) is 23.7. The lowest BCUT2D eigenvalue weighted by Gasteiger charge is -2.08. The van der Waals surface area contributed by atoms with Gasteiger partial charge in [0.05, 0.1) is 24.8 Å². The summed E-state index contributed by atoms with van der Waals surface area (Å²) in [5.41, 5.74) is 2.00. The molecule has 0 aliphatic carbocycles. The van der Waals surface area contributed by atoms with Crippen molar-refractivity contribution in [3.63, 3.8) is 0 Å². The number of esters is 3. The van der Waals surface area contributed by atoms with Crippen molar-refractivity contribution in [2.75, 3.05) is 25.6 Å². The fraction of sp³-hybridized carbons (Fsp3) is 0.364. The van der Waals surface area contributed by atoms with Crippen LogP contribution < -0.4 is 5.32 Å². The van der Waals surface area contributed by atoms with Crippen molar-refractivity contribution in [1.29, 1.82) is 0 Å². The zero-order valence-corrected chi connectivity index (χ0v) is 18.0. The molecule has 2 N–H and O–H groups in total. The third-order valence-electron chi connectivity index (χ3n) is 4.50. The van der Waals surface area contributed by atoms with Crippen LogP contribution in [0.5, 0.6) is 0 Å². The van der Waals surface area contributed by atoms with Crippen LogP contribution in [0.25, 0.3) is 0 Å². The van der Waals surface area contributed by atoms with E-state index in [-0.39, 0.29) is 11.3 Å². The average molecular weight is 430 g/mol. The van der Waals surface area contributed by atoms with Crippen LogP contribution in [0.3, 0.4) is 0 Å². The van der Waals surface area contributed by atoms with Crippen LogP contribution in [0.4, 0.5) is 5.69 Å². The van der Waals surface area contributed by atoms with Gasteiger partial charge in [-0.3, -0.25) is 4.79 Å². The molecule has 1 aromatic heterocycles. The molecular formula is C22H26N2O7. The molecule has 0 saturated carbocycles. The first-order valence-corrected chi connectivity index (χ1v) is 9.80. The van der Waals surface area contributed by atoms with Crippen molar-refractivity contribution in [3.8, 4) is 0 Å². The van der Waals surface area contributed by atoms with Crippen LogP contribution in [-0.4, -0.2) is 49.1 Å². The topological polar surface area (TPSA) is 124 Å². The largest absolute Gasteiger partial charge is 0.465 e. The molecule has 0 fully saturated rings. The maximum absolute atomic E-state index is 12.3. The number of amides is 1. The summed E-state index contributed by atoms with van der Waals surface area (Å²) in [7, 11) is 1.25. The Morgan fingerprint density at radius 1 is 0.968 bits per heavy atom. The second-order valence-corrected chi connectivity index (χ2v) is 6.81.